The molecule has 0 amide bonds. The molecule has 184 valence electrons. The fraction of sp³-hybridized carbons (Fsp3) is 0.179. The van der Waals surface area contributed by atoms with Gasteiger partial charge in [-0.25, -0.2) is 0 Å². The maximum absolute atomic E-state index is 14.5. The lowest BCUT2D eigenvalue weighted by molar-refractivity contribution is 0.287. The second kappa shape index (κ2) is 11.1. The Morgan fingerprint density at radius 2 is 1.72 bits per heavy atom. The Labute approximate surface area is 210 Å². The van der Waals surface area contributed by atoms with E-state index in [2.05, 4.69) is 4.99 Å². The first-order chi connectivity index (χ1) is 17.4. The molecule has 2 N–H and O–H groups in total. The Morgan fingerprint density at radius 1 is 1.00 bits per heavy atom. The van der Waals surface area contributed by atoms with Crippen LogP contribution in [0.3, 0.4) is 0 Å². The lowest BCUT2D eigenvalue weighted by Gasteiger charge is -2.15. The van der Waals surface area contributed by atoms with Crippen LogP contribution in [0.4, 0.5) is 14.3 Å². The SMILES string of the molecule is CCOc1ccc(/C=C/c2cc(C)c(/C(=C3/C=CC=N3)c3ccc(N)cc3)n2B(F)F)cc1OCC. The summed E-state index contributed by atoms with van der Waals surface area (Å²) in [6.45, 7) is 6.64. The summed E-state index contributed by atoms with van der Waals surface area (Å²) in [4.78, 5) is 4.42. The number of hydrogen-bond donors (Lipinski definition) is 1. The number of benzene rings is 2. The number of rotatable bonds is 9. The van der Waals surface area contributed by atoms with Crippen molar-refractivity contribution in [3.63, 3.8) is 0 Å². The van der Waals surface area contributed by atoms with Gasteiger partial charge in [0, 0.05) is 28.9 Å². The zero-order chi connectivity index (χ0) is 25.7. The number of aryl methyl sites for hydroxylation is 1. The highest BCUT2D eigenvalue weighted by atomic mass is 19.2. The van der Waals surface area contributed by atoms with Crippen LogP contribution >= 0.6 is 0 Å². The van der Waals surface area contributed by atoms with Crippen LogP contribution in [0.5, 0.6) is 11.5 Å². The van der Waals surface area contributed by atoms with Gasteiger partial charge in [-0.3, -0.25) is 13.6 Å². The minimum absolute atomic E-state index is 0.379. The van der Waals surface area contributed by atoms with Crippen LogP contribution < -0.4 is 15.2 Å². The number of nitrogens with zero attached hydrogens (tertiary/aromatic N) is 2. The Balaban J connectivity index is 1.80. The minimum atomic E-state index is -2.76. The van der Waals surface area contributed by atoms with Crippen molar-refractivity contribution in [3.8, 4) is 11.5 Å². The van der Waals surface area contributed by atoms with Crippen LogP contribution in [0.2, 0.25) is 0 Å². The number of anilines is 1. The predicted molar refractivity (Wildman–Crippen MR) is 145 cm³/mol. The van der Waals surface area contributed by atoms with E-state index in [1.807, 2.05) is 57.2 Å². The number of nitrogen functional groups attached to an aromatic ring is 1. The summed E-state index contributed by atoms with van der Waals surface area (Å²) in [5.74, 6) is 1.26. The molecule has 0 unspecified atom stereocenters. The van der Waals surface area contributed by atoms with E-state index >= 15 is 0 Å². The average Bonchev–Trinajstić information content (AvgIpc) is 3.49. The zero-order valence-electron chi connectivity index (χ0n) is 20.5. The van der Waals surface area contributed by atoms with E-state index in [-0.39, 0.29) is 0 Å². The molecule has 0 saturated heterocycles. The van der Waals surface area contributed by atoms with Crippen molar-refractivity contribution in [3.05, 3.63) is 94.5 Å². The van der Waals surface area contributed by atoms with Crippen molar-refractivity contribution in [1.82, 2.24) is 4.48 Å². The van der Waals surface area contributed by atoms with Gasteiger partial charge >= 0.3 is 7.40 Å². The van der Waals surface area contributed by atoms with E-state index in [9.17, 15) is 8.63 Å². The number of allylic oxidation sites excluding steroid dienone is 2. The van der Waals surface area contributed by atoms with Crippen molar-refractivity contribution in [1.29, 1.82) is 0 Å². The minimum Gasteiger partial charge on any atom is -0.490 e. The van der Waals surface area contributed by atoms with Crippen LogP contribution in [0, 0.1) is 6.92 Å². The topological polar surface area (TPSA) is 61.8 Å². The van der Waals surface area contributed by atoms with Crippen molar-refractivity contribution >= 4 is 37.0 Å². The molecule has 0 saturated carbocycles. The van der Waals surface area contributed by atoms with Crippen LogP contribution in [0.25, 0.3) is 17.7 Å². The zero-order valence-corrected chi connectivity index (χ0v) is 20.5. The Morgan fingerprint density at radius 3 is 2.36 bits per heavy atom. The van der Waals surface area contributed by atoms with Crippen LogP contribution in [-0.2, 0) is 0 Å². The number of nitrogens with two attached hydrogens (primary N) is 1. The Hall–Kier alpha value is -4.07. The van der Waals surface area contributed by atoms with Crippen LogP contribution in [0.1, 0.15) is 41.9 Å². The van der Waals surface area contributed by atoms with E-state index in [0.29, 0.717) is 58.6 Å². The van der Waals surface area contributed by atoms with Gasteiger partial charge in [-0.2, -0.15) is 0 Å². The van der Waals surface area contributed by atoms with Gasteiger partial charge in [0.05, 0.1) is 18.9 Å². The summed E-state index contributed by atoms with van der Waals surface area (Å²) >= 11 is 0. The highest BCUT2D eigenvalue weighted by molar-refractivity contribution is 6.42. The van der Waals surface area contributed by atoms with Gasteiger partial charge in [-0.05, 0) is 86.0 Å². The largest absolute Gasteiger partial charge is 0.678 e. The number of halogens is 2. The normalized spacial score (nSPS) is 14.0. The third-order valence-electron chi connectivity index (χ3n) is 5.71. The lowest BCUT2D eigenvalue weighted by atomic mass is 9.96. The van der Waals surface area contributed by atoms with E-state index in [1.54, 1.807) is 42.6 Å². The van der Waals surface area contributed by atoms with Gasteiger partial charge in [-0.1, -0.05) is 24.3 Å². The summed E-state index contributed by atoms with van der Waals surface area (Å²) in [5, 5.41) is 0. The molecule has 2 aromatic carbocycles. The summed E-state index contributed by atoms with van der Waals surface area (Å²) in [6, 6.07) is 14.5. The molecular formula is C28H28BF2N3O2. The summed E-state index contributed by atoms with van der Waals surface area (Å²) in [6.07, 6.45) is 8.74. The molecule has 36 heavy (non-hydrogen) atoms. The third kappa shape index (κ3) is 5.27. The first-order valence-electron chi connectivity index (χ1n) is 11.8. The molecule has 0 bridgehead atoms. The molecular weight excluding hydrogens is 459 g/mol. The van der Waals surface area contributed by atoms with E-state index in [0.717, 1.165) is 15.6 Å². The van der Waals surface area contributed by atoms with Crippen LogP contribution in [0.15, 0.2) is 71.4 Å². The third-order valence-corrected chi connectivity index (χ3v) is 5.71. The van der Waals surface area contributed by atoms with Crippen molar-refractivity contribution in [2.45, 2.75) is 20.8 Å². The maximum atomic E-state index is 14.5. The van der Waals surface area contributed by atoms with E-state index in [1.165, 1.54) is 0 Å². The molecule has 1 aliphatic heterocycles. The highest BCUT2D eigenvalue weighted by Crippen LogP contribution is 2.35. The molecule has 1 aromatic heterocycles. The molecule has 0 atom stereocenters. The molecule has 1 aliphatic rings. The van der Waals surface area contributed by atoms with Crippen LogP contribution in [-0.4, -0.2) is 31.3 Å². The first-order valence-corrected chi connectivity index (χ1v) is 11.8. The number of aromatic nitrogens is 1. The molecule has 5 nitrogen and oxygen atoms in total. The highest BCUT2D eigenvalue weighted by Gasteiger charge is 2.28. The summed E-state index contributed by atoms with van der Waals surface area (Å²) in [5.41, 5.74) is 10.8. The number of aliphatic imine (C=N–C) groups is 1. The maximum Gasteiger partial charge on any atom is 0.678 e. The monoisotopic (exact) mass is 487 g/mol. The van der Waals surface area contributed by atoms with Gasteiger partial charge < -0.3 is 19.7 Å². The van der Waals surface area contributed by atoms with Gasteiger partial charge in [-0.15, -0.1) is 0 Å². The van der Waals surface area contributed by atoms with E-state index in [4.69, 9.17) is 15.2 Å². The van der Waals surface area contributed by atoms with Gasteiger partial charge in [0.15, 0.2) is 11.5 Å². The fourth-order valence-corrected chi connectivity index (χ4v) is 4.19. The Kier molecular flexibility index (Phi) is 7.73. The second-order valence-corrected chi connectivity index (χ2v) is 8.17. The second-order valence-electron chi connectivity index (χ2n) is 8.17. The molecule has 0 fully saturated rings. The van der Waals surface area contributed by atoms with Crippen molar-refractivity contribution < 1.29 is 18.1 Å². The molecule has 0 spiro atoms. The average molecular weight is 487 g/mol. The quantitative estimate of drug-likeness (QED) is 0.276. The van der Waals surface area contributed by atoms with Gasteiger partial charge in [0.1, 0.15) is 0 Å². The molecule has 8 heteroatoms. The van der Waals surface area contributed by atoms with Crippen molar-refractivity contribution in [2.24, 2.45) is 4.99 Å². The summed E-state index contributed by atoms with van der Waals surface area (Å²) < 4.78 is 41.5. The Bertz CT molecular complexity index is 1340. The first kappa shape index (κ1) is 25.0. The molecule has 3 aromatic rings. The fourth-order valence-electron chi connectivity index (χ4n) is 4.19. The van der Waals surface area contributed by atoms with Crippen molar-refractivity contribution in [2.75, 3.05) is 18.9 Å². The molecule has 0 aliphatic carbocycles. The number of ether oxygens (including phenoxy) is 2. The summed E-state index contributed by atoms with van der Waals surface area (Å²) in [7, 11) is -2.76. The smallest absolute Gasteiger partial charge is 0.490 e. The molecule has 4 rings (SSSR count). The van der Waals surface area contributed by atoms with E-state index < -0.39 is 7.40 Å². The lowest BCUT2D eigenvalue weighted by Crippen LogP contribution is -2.18. The van der Waals surface area contributed by atoms with Gasteiger partial charge in [0.2, 0.25) is 0 Å². The molecule has 2 heterocycles. The number of hydrogen-bond acceptors (Lipinski definition) is 4. The standard InChI is InChI=1S/C28H28BF2N3O2/c1-4-35-25-15-9-20(18-26(25)36-5-2)8-14-23-17-19(3)28(34(23)29(30)31)27(24-7-6-16-33-24)21-10-12-22(32)13-11-21/h6-18H,4-5,32H2,1-3H3/b14-8+,27-24-. The van der Waals surface area contributed by atoms with Gasteiger partial charge in [0.25, 0.3) is 0 Å². The predicted octanol–water partition coefficient (Wildman–Crippen LogP) is 6.52. The molecule has 0 radical (unpaired) electrons.